The first-order chi connectivity index (χ1) is 6.69. The van der Waals surface area contributed by atoms with Crippen molar-refractivity contribution in [2.75, 3.05) is 32.8 Å². The summed E-state index contributed by atoms with van der Waals surface area (Å²) < 4.78 is 0. The topological polar surface area (TPSA) is 26.7 Å². The zero-order chi connectivity index (χ0) is 10.6. The first kappa shape index (κ1) is 12.0. The summed E-state index contributed by atoms with van der Waals surface area (Å²) in [5, 5.41) is 9.03. The molecule has 0 aromatic heterocycles. The fraction of sp³-hybridized carbons (Fsp3) is 1.00. The average Bonchev–Trinajstić information content (AvgIpc) is 2.17. The van der Waals surface area contributed by atoms with Crippen LogP contribution in [-0.4, -0.2) is 59.8 Å². The highest BCUT2D eigenvalue weighted by Crippen LogP contribution is 2.15. The molecule has 84 valence electrons. The van der Waals surface area contributed by atoms with Crippen molar-refractivity contribution in [3.05, 3.63) is 0 Å². The molecule has 1 atom stereocenters. The van der Waals surface area contributed by atoms with Gasteiger partial charge in [0.25, 0.3) is 0 Å². The van der Waals surface area contributed by atoms with Crippen molar-refractivity contribution in [2.45, 2.75) is 39.3 Å². The van der Waals surface area contributed by atoms with Gasteiger partial charge in [-0.05, 0) is 26.8 Å². The van der Waals surface area contributed by atoms with Gasteiger partial charge in [0.1, 0.15) is 0 Å². The van der Waals surface area contributed by atoms with Crippen LogP contribution in [0.2, 0.25) is 0 Å². The van der Waals surface area contributed by atoms with Crippen LogP contribution in [0.15, 0.2) is 0 Å². The smallest absolute Gasteiger partial charge is 0.0446 e. The van der Waals surface area contributed by atoms with E-state index < -0.39 is 0 Å². The van der Waals surface area contributed by atoms with Gasteiger partial charge in [0.15, 0.2) is 0 Å². The van der Waals surface area contributed by atoms with E-state index in [4.69, 9.17) is 5.11 Å². The number of hydrogen-bond acceptors (Lipinski definition) is 3. The molecular formula is C11H24N2O. The van der Waals surface area contributed by atoms with E-state index in [9.17, 15) is 0 Å². The second-order valence-electron chi connectivity index (χ2n) is 4.39. The van der Waals surface area contributed by atoms with Crippen LogP contribution < -0.4 is 0 Å². The van der Waals surface area contributed by atoms with Crippen LogP contribution >= 0.6 is 0 Å². The third-order valence-electron chi connectivity index (χ3n) is 3.19. The van der Waals surface area contributed by atoms with Gasteiger partial charge in [-0.1, -0.05) is 6.92 Å². The summed E-state index contributed by atoms with van der Waals surface area (Å²) in [6.45, 7) is 11.6. The third-order valence-corrected chi connectivity index (χ3v) is 3.19. The number of aliphatic hydroxyl groups is 1. The van der Waals surface area contributed by atoms with Gasteiger partial charge in [-0.2, -0.15) is 0 Å². The van der Waals surface area contributed by atoms with Gasteiger partial charge in [-0.3, -0.25) is 4.90 Å². The molecule has 3 nitrogen and oxygen atoms in total. The van der Waals surface area contributed by atoms with Gasteiger partial charge in [0, 0.05) is 38.3 Å². The van der Waals surface area contributed by atoms with Crippen molar-refractivity contribution in [1.29, 1.82) is 0 Å². The van der Waals surface area contributed by atoms with Crippen LogP contribution in [-0.2, 0) is 0 Å². The van der Waals surface area contributed by atoms with Crippen LogP contribution in [0, 0.1) is 0 Å². The summed E-state index contributed by atoms with van der Waals surface area (Å²) in [7, 11) is 0. The molecule has 0 aliphatic carbocycles. The Bertz CT molecular complexity index is 161. The summed E-state index contributed by atoms with van der Waals surface area (Å²) >= 11 is 0. The molecule has 1 unspecified atom stereocenters. The van der Waals surface area contributed by atoms with Crippen molar-refractivity contribution in [2.24, 2.45) is 0 Å². The fourth-order valence-corrected chi connectivity index (χ4v) is 2.31. The Hall–Kier alpha value is -0.120. The van der Waals surface area contributed by atoms with E-state index in [1.807, 2.05) is 0 Å². The molecule has 1 aliphatic heterocycles. The second kappa shape index (κ2) is 5.69. The van der Waals surface area contributed by atoms with Crippen molar-refractivity contribution in [3.8, 4) is 0 Å². The summed E-state index contributed by atoms with van der Waals surface area (Å²) in [5.74, 6) is 0. The lowest BCUT2D eigenvalue weighted by Gasteiger charge is -2.43. The number of rotatable bonds is 4. The van der Waals surface area contributed by atoms with Crippen LogP contribution in [0.25, 0.3) is 0 Å². The molecule has 1 saturated heterocycles. The van der Waals surface area contributed by atoms with Crippen molar-refractivity contribution >= 4 is 0 Å². The Morgan fingerprint density at radius 3 is 2.57 bits per heavy atom. The Labute approximate surface area is 87.7 Å². The largest absolute Gasteiger partial charge is 0.396 e. The van der Waals surface area contributed by atoms with Crippen LogP contribution in [0.1, 0.15) is 27.2 Å². The molecule has 1 rings (SSSR count). The predicted octanol–water partition coefficient (Wildman–Crippen LogP) is 0.783. The lowest BCUT2D eigenvalue weighted by molar-refractivity contribution is 0.0407. The van der Waals surface area contributed by atoms with Gasteiger partial charge in [0.05, 0.1) is 0 Å². The van der Waals surface area contributed by atoms with E-state index >= 15 is 0 Å². The maximum Gasteiger partial charge on any atom is 0.0446 e. The molecule has 1 N–H and O–H groups in total. The maximum absolute atomic E-state index is 9.03. The van der Waals surface area contributed by atoms with Crippen LogP contribution in [0.4, 0.5) is 0 Å². The van der Waals surface area contributed by atoms with E-state index in [0.29, 0.717) is 18.7 Å². The zero-order valence-electron chi connectivity index (χ0n) is 9.74. The normalized spacial score (nSPS) is 25.9. The SMILES string of the molecule is CCN1CCN(C(C)C)C(CCO)C1. The van der Waals surface area contributed by atoms with Crippen molar-refractivity contribution in [3.63, 3.8) is 0 Å². The van der Waals surface area contributed by atoms with Crippen molar-refractivity contribution in [1.82, 2.24) is 9.80 Å². The van der Waals surface area contributed by atoms with Crippen LogP contribution in [0.3, 0.4) is 0 Å². The average molecular weight is 200 g/mol. The lowest BCUT2D eigenvalue weighted by atomic mass is 10.1. The summed E-state index contributed by atoms with van der Waals surface area (Å²) in [6.07, 6.45) is 0.911. The quantitative estimate of drug-likeness (QED) is 0.726. The first-order valence-corrected chi connectivity index (χ1v) is 5.78. The van der Waals surface area contributed by atoms with Crippen molar-refractivity contribution < 1.29 is 5.11 Å². The van der Waals surface area contributed by atoms with Crippen LogP contribution in [0.5, 0.6) is 0 Å². The fourth-order valence-electron chi connectivity index (χ4n) is 2.31. The molecule has 14 heavy (non-hydrogen) atoms. The lowest BCUT2D eigenvalue weighted by Crippen LogP contribution is -2.55. The summed E-state index contributed by atoms with van der Waals surface area (Å²) in [4.78, 5) is 4.99. The zero-order valence-corrected chi connectivity index (χ0v) is 9.74. The molecule has 0 spiro atoms. The third kappa shape index (κ3) is 2.94. The van der Waals surface area contributed by atoms with E-state index in [-0.39, 0.29) is 0 Å². The monoisotopic (exact) mass is 200 g/mol. The molecule has 0 saturated carbocycles. The molecule has 1 heterocycles. The molecule has 0 aromatic rings. The first-order valence-electron chi connectivity index (χ1n) is 5.78. The highest BCUT2D eigenvalue weighted by atomic mass is 16.3. The predicted molar refractivity (Wildman–Crippen MR) is 59.4 cm³/mol. The standard InChI is InChI=1S/C11H24N2O/c1-4-12-6-7-13(10(2)3)11(9-12)5-8-14/h10-11,14H,4-9H2,1-3H3. The molecule has 1 fully saturated rings. The number of hydrogen-bond donors (Lipinski definition) is 1. The minimum atomic E-state index is 0.311. The number of likely N-dealkylation sites (N-methyl/N-ethyl adjacent to an activating group) is 1. The van der Waals surface area contributed by atoms with Gasteiger partial charge in [-0.15, -0.1) is 0 Å². The molecule has 0 aromatic carbocycles. The van der Waals surface area contributed by atoms with Gasteiger partial charge in [-0.25, -0.2) is 0 Å². The Balaban J connectivity index is 2.51. The number of nitrogens with zero attached hydrogens (tertiary/aromatic N) is 2. The van der Waals surface area contributed by atoms with E-state index in [2.05, 4.69) is 30.6 Å². The molecule has 1 aliphatic rings. The van der Waals surface area contributed by atoms with Gasteiger partial charge in [0.2, 0.25) is 0 Å². The minimum Gasteiger partial charge on any atom is -0.396 e. The number of aliphatic hydroxyl groups excluding tert-OH is 1. The van der Waals surface area contributed by atoms with E-state index in [1.54, 1.807) is 0 Å². The van der Waals surface area contributed by atoms with Gasteiger partial charge >= 0.3 is 0 Å². The van der Waals surface area contributed by atoms with Gasteiger partial charge < -0.3 is 10.0 Å². The summed E-state index contributed by atoms with van der Waals surface area (Å²) in [5.41, 5.74) is 0. The molecular weight excluding hydrogens is 176 g/mol. The maximum atomic E-state index is 9.03. The second-order valence-corrected chi connectivity index (χ2v) is 4.39. The highest BCUT2D eigenvalue weighted by Gasteiger charge is 2.27. The molecule has 3 heteroatoms. The molecule has 0 bridgehead atoms. The Morgan fingerprint density at radius 1 is 1.36 bits per heavy atom. The summed E-state index contributed by atoms with van der Waals surface area (Å²) in [6, 6.07) is 1.15. The number of piperazine rings is 1. The van der Waals surface area contributed by atoms with E-state index in [0.717, 1.165) is 26.1 Å². The Kier molecular flexibility index (Phi) is 4.85. The van der Waals surface area contributed by atoms with E-state index in [1.165, 1.54) is 6.54 Å². The molecule has 0 radical (unpaired) electrons. The Morgan fingerprint density at radius 2 is 2.07 bits per heavy atom. The minimum absolute atomic E-state index is 0.311. The highest BCUT2D eigenvalue weighted by molar-refractivity contribution is 4.83. The molecule has 0 amide bonds.